The molecular weight excluding hydrogens is 358 g/mol. The lowest BCUT2D eigenvalue weighted by atomic mass is 10.0. The van der Waals surface area contributed by atoms with Crippen molar-refractivity contribution in [1.82, 2.24) is 25.0 Å². The third kappa shape index (κ3) is 2.49. The van der Waals surface area contributed by atoms with Crippen LogP contribution in [0.4, 0.5) is 0 Å². The van der Waals surface area contributed by atoms with Gasteiger partial charge in [0.25, 0.3) is 11.8 Å². The van der Waals surface area contributed by atoms with Gasteiger partial charge in [0.1, 0.15) is 29.4 Å². The molecule has 0 bridgehead atoms. The molecule has 0 fully saturated rings. The van der Waals surface area contributed by atoms with Crippen LogP contribution in [0.1, 0.15) is 26.5 Å². The summed E-state index contributed by atoms with van der Waals surface area (Å²) in [6, 6.07) is 11.2. The molecule has 0 spiro atoms. The summed E-state index contributed by atoms with van der Waals surface area (Å²) >= 11 is 0. The smallest absolute Gasteiger partial charge is 0.270 e. The van der Waals surface area contributed by atoms with E-state index in [2.05, 4.69) is 15.5 Å². The maximum Gasteiger partial charge on any atom is 0.270 e. The van der Waals surface area contributed by atoms with Crippen LogP contribution >= 0.6 is 0 Å². The van der Waals surface area contributed by atoms with Crippen molar-refractivity contribution in [2.45, 2.75) is 19.2 Å². The number of carbonyl (C=O) groups excluding carboxylic acids is 2. The number of nitrogens with one attached hydrogen (secondary N) is 2. The van der Waals surface area contributed by atoms with E-state index >= 15 is 0 Å². The summed E-state index contributed by atoms with van der Waals surface area (Å²) in [5.74, 6) is 0.466. The lowest BCUT2D eigenvalue weighted by molar-refractivity contribution is 0.0645. The van der Waals surface area contributed by atoms with Crippen LogP contribution in [0.3, 0.4) is 0 Å². The Kier molecular flexibility index (Phi) is 3.71. The van der Waals surface area contributed by atoms with Gasteiger partial charge in [-0.2, -0.15) is 5.10 Å². The normalized spacial score (nSPS) is 17.4. The molecule has 2 aromatic heterocycles. The third-order valence-electron chi connectivity index (χ3n) is 5.43. The average molecular weight is 377 g/mol. The number of aromatic nitrogens is 3. The molecule has 0 radical (unpaired) electrons. The summed E-state index contributed by atoms with van der Waals surface area (Å²) in [5.41, 5.74) is 3.43. The largest absolute Gasteiger partial charge is 0.488 e. The van der Waals surface area contributed by atoms with Gasteiger partial charge < -0.3 is 19.5 Å². The van der Waals surface area contributed by atoms with Gasteiger partial charge in [0.2, 0.25) is 0 Å². The fourth-order valence-electron chi connectivity index (χ4n) is 3.82. The summed E-state index contributed by atoms with van der Waals surface area (Å²) < 4.78 is 7.68. The van der Waals surface area contributed by atoms with Crippen molar-refractivity contribution in [3.8, 4) is 17.0 Å². The molecule has 28 heavy (non-hydrogen) atoms. The van der Waals surface area contributed by atoms with Gasteiger partial charge in [-0.15, -0.1) is 0 Å². The van der Waals surface area contributed by atoms with Crippen molar-refractivity contribution in [1.29, 1.82) is 0 Å². The first-order valence-corrected chi connectivity index (χ1v) is 9.13. The van der Waals surface area contributed by atoms with Crippen molar-refractivity contribution in [2.75, 3.05) is 13.6 Å². The van der Waals surface area contributed by atoms with E-state index < -0.39 is 0 Å². The molecule has 2 amide bonds. The number of para-hydroxylation sites is 1. The van der Waals surface area contributed by atoms with Crippen LogP contribution in [0.2, 0.25) is 0 Å². The molecule has 1 atom stereocenters. The number of carbonyl (C=O) groups is 2. The molecule has 3 aromatic rings. The minimum Gasteiger partial charge on any atom is -0.488 e. The van der Waals surface area contributed by atoms with Gasteiger partial charge in [0.05, 0.1) is 6.04 Å². The minimum absolute atomic E-state index is 0.0422. The summed E-state index contributed by atoms with van der Waals surface area (Å²) in [4.78, 5) is 26.9. The van der Waals surface area contributed by atoms with Crippen LogP contribution in [-0.4, -0.2) is 51.1 Å². The maximum atomic E-state index is 12.8. The second-order valence-corrected chi connectivity index (χ2v) is 7.04. The average Bonchev–Trinajstić information content (AvgIpc) is 3.36. The van der Waals surface area contributed by atoms with Crippen LogP contribution in [0.15, 0.2) is 42.6 Å². The van der Waals surface area contributed by atoms with E-state index in [1.165, 1.54) is 0 Å². The topological polar surface area (TPSA) is 92.2 Å². The van der Waals surface area contributed by atoms with E-state index in [-0.39, 0.29) is 17.9 Å². The fourth-order valence-corrected chi connectivity index (χ4v) is 3.82. The molecule has 142 valence electrons. The number of hydrogen-bond donors (Lipinski definition) is 2. The van der Waals surface area contributed by atoms with E-state index in [9.17, 15) is 9.59 Å². The summed E-state index contributed by atoms with van der Waals surface area (Å²) in [6.07, 6.45) is 1.88. The summed E-state index contributed by atoms with van der Waals surface area (Å²) in [5, 5.41) is 10.1. The predicted molar refractivity (Wildman–Crippen MR) is 101 cm³/mol. The predicted octanol–water partition coefficient (Wildman–Crippen LogP) is 1.65. The first kappa shape index (κ1) is 16.6. The van der Waals surface area contributed by atoms with E-state index in [0.717, 1.165) is 22.6 Å². The number of amides is 2. The molecule has 2 aliphatic rings. The molecule has 8 nitrogen and oxygen atoms in total. The number of benzene rings is 1. The summed E-state index contributed by atoms with van der Waals surface area (Å²) in [7, 11) is 1.76. The highest BCUT2D eigenvalue weighted by Crippen LogP contribution is 2.36. The number of hydrogen-bond acceptors (Lipinski definition) is 4. The first-order valence-electron chi connectivity index (χ1n) is 9.13. The Morgan fingerprint density at radius 2 is 2.18 bits per heavy atom. The second-order valence-electron chi connectivity index (χ2n) is 7.04. The highest BCUT2D eigenvalue weighted by atomic mass is 16.5. The van der Waals surface area contributed by atoms with E-state index in [0.29, 0.717) is 31.1 Å². The molecule has 1 aromatic carbocycles. The van der Waals surface area contributed by atoms with E-state index in [1.807, 2.05) is 47.2 Å². The minimum atomic E-state index is -0.254. The zero-order chi connectivity index (χ0) is 19.3. The Hall–Kier alpha value is -3.55. The monoisotopic (exact) mass is 377 g/mol. The molecule has 0 aliphatic carbocycles. The van der Waals surface area contributed by atoms with Gasteiger partial charge in [-0.05, 0) is 24.3 Å². The number of H-pyrrole nitrogens is 1. The van der Waals surface area contributed by atoms with Gasteiger partial charge in [0.15, 0.2) is 0 Å². The Morgan fingerprint density at radius 1 is 1.32 bits per heavy atom. The standard InChI is InChI=1S/C20H19N5O3/c1-24-12(10-25-8-4-6-15(25)20(24)27)9-21-19(26)18-14-11-28-16-7-3-2-5-13(16)17(14)22-23-18/h2-8,12H,9-11H2,1H3,(H,21,26)(H,22,23)/t12-/m0/s1. The highest BCUT2D eigenvalue weighted by molar-refractivity contribution is 5.96. The number of rotatable bonds is 3. The second kappa shape index (κ2) is 6.26. The van der Waals surface area contributed by atoms with Gasteiger partial charge in [-0.3, -0.25) is 14.7 Å². The Bertz CT molecular complexity index is 1080. The van der Waals surface area contributed by atoms with Crippen LogP contribution in [0, 0.1) is 0 Å². The lowest BCUT2D eigenvalue weighted by Crippen LogP contribution is -2.50. The SMILES string of the molecule is CN1C(=O)c2cccn2C[C@@H]1CNC(=O)c1[nH]nc2c1COc1ccccc1-2. The van der Waals surface area contributed by atoms with E-state index in [1.54, 1.807) is 11.9 Å². The van der Waals surface area contributed by atoms with Crippen molar-refractivity contribution in [3.05, 3.63) is 59.5 Å². The third-order valence-corrected chi connectivity index (χ3v) is 5.43. The molecule has 0 unspecified atom stereocenters. The quantitative estimate of drug-likeness (QED) is 0.726. The molecule has 2 aliphatic heterocycles. The Labute approximate surface area is 161 Å². The van der Waals surface area contributed by atoms with Crippen molar-refractivity contribution in [2.24, 2.45) is 0 Å². The number of likely N-dealkylation sites (N-methyl/N-ethyl adjacent to an activating group) is 1. The van der Waals surface area contributed by atoms with Crippen LogP contribution in [-0.2, 0) is 13.2 Å². The van der Waals surface area contributed by atoms with Gasteiger partial charge in [-0.1, -0.05) is 12.1 Å². The van der Waals surface area contributed by atoms with Crippen LogP contribution in [0.5, 0.6) is 5.75 Å². The summed E-state index contributed by atoms with van der Waals surface area (Å²) in [6.45, 7) is 1.28. The number of aromatic amines is 1. The maximum absolute atomic E-state index is 12.8. The molecule has 0 saturated heterocycles. The van der Waals surface area contributed by atoms with Gasteiger partial charge in [0, 0.05) is 37.5 Å². The van der Waals surface area contributed by atoms with Gasteiger partial charge >= 0.3 is 0 Å². The van der Waals surface area contributed by atoms with Crippen molar-refractivity contribution < 1.29 is 14.3 Å². The zero-order valence-corrected chi connectivity index (χ0v) is 15.3. The molecule has 0 saturated carbocycles. The molecular formula is C20H19N5O3. The number of nitrogens with zero attached hydrogens (tertiary/aromatic N) is 3. The molecule has 2 N–H and O–H groups in total. The van der Waals surface area contributed by atoms with E-state index in [4.69, 9.17) is 4.74 Å². The molecule has 5 rings (SSSR count). The number of ether oxygens (including phenoxy) is 1. The highest BCUT2D eigenvalue weighted by Gasteiger charge is 2.31. The molecule has 8 heteroatoms. The zero-order valence-electron chi connectivity index (χ0n) is 15.3. The molecule has 4 heterocycles. The Morgan fingerprint density at radius 3 is 3.07 bits per heavy atom. The van der Waals surface area contributed by atoms with Crippen molar-refractivity contribution >= 4 is 11.8 Å². The van der Waals surface area contributed by atoms with Gasteiger partial charge in [-0.25, -0.2) is 0 Å². The number of fused-ring (bicyclic) bond motifs is 4. The first-order chi connectivity index (χ1) is 13.6. The van der Waals surface area contributed by atoms with Crippen LogP contribution < -0.4 is 10.1 Å². The lowest BCUT2D eigenvalue weighted by Gasteiger charge is -2.33. The van der Waals surface area contributed by atoms with Crippen molar-refractivity contribution in [3.63, 3.8) is 0 Å². The van der Waals surface area contributed by atoms with Crippen LogP contribution in [0.25, 0.3) is 11.3 Å². The fraction of sp³-hybridized carbons (Fsp3) is 0.250. The Balaban J connectivity index is 1.33.